The normalized spacial score (nSPS) is 21.4. The van der Waals surface area contributed by atoms with E-state index in [0.717, 1.165) is 51.8 Å². The molecule has 0 bridgehead atoms. The van der Waals surface area contributed by atoms with Crippen molar-refractivity contribution < 1.29 is 13.2 Å². The van der Waals surface area contributed by atoms with Crippen LogP contribution in [0.15, 0.2) is 54.6 Å². The number of hydrogen-bond acceptors (Lipinski definition) is 3. The van der Waals surface area contributed by atoms with Crippen molar-refractivity contribution in [1.82, 2.24) is 9.80 Å². The lowest BCUT2D eigenvalue weighted by Gasteiger charge is -2.44. The highest BCUT2D eigenvalue weighted by molar-refractivity contribution is 5.49. The highest BCUT2D eigenvalue weighted by Crippen LogP contribution is 2.32. The van der Waals surface area contributed by atoms with Crippen molar-refractivity contribution in [3.8, 4) is 0 Å². The van der Waals surface area contributed by atoms with Crippen LogP contribution in [-0.2, 0) is 12.6 Å². The van der Waals surface area contributed by atoms with E-state index in [2.05, 4.69) is 45.0 Å². The van der Waals surface area contributed by atoms with E-state index in [1.165, 1.54) is 43.5 Å². The summed E-state index contributed by atoms with van der Waals surface area (Å²) >= 11 is 0. The van der Waals surface area contributed by atoms with Gasteiger partial charge in [-0.1, -0.05) is 36.4 Å². The summed E-state index contributed by atoms with van der Waals surface area (Å²) in [4.78, 5) is 7.23. The third-order valence-electron chi connectivity index (χ3n) is 6.63. The molecule has 0 amide bonds. The van der Waals surface area contributed by atoms with Crippen LogP contribution in [0.5, 0.6) is 0 Å². The molecule has 0 N–H and O–H groups in total. The fourth-order valence-electron chi connectivity index (χ4n) is 4.91. The van der Waals surface area contributed by atoms with Crippen LogP contribution >= 0.6 is 0 Å². The average Bonchev–Trinajstić information content (AvgIpc) is 2.80. The van der Waals surface area contributed by atoms with Crippen LogP contribution in [-0.4, -0.2) is 61.7 Å². The lowest BCUT2D eigenvalue weighted by Crippen LogP contribution is -2.55. The molecule has 2 fully saturated rings. The van der Waals surface area contributed by atoms with Crippen molar-refractivity contribution in [1.29, 1.82) is 0 Å². The summed E-state index contributed by atoms with van der Waals surface area (Å²) in [5.74, 6) is 0. The van der Waals surface area contributed by atoms with Crippen LogP contribution in [0.2, 0.25) is 0 Å². The Kier molecular flexibility index (Phi) is 7.18. The monoisotopic (exact) mass is 431 g/mol. The first kappa shape index (κ1) is 22.2. The lowest BCUT2D eigenvalue weighted by atomic mass is 10.0. The lowest BCUT2D eigenvalue weighted by molar-refractivity contribution is -0.137. The van der Waals surface area contributed by atoms with E-state index in [9.17, 15) is 13.2 Å². The van der Waals surface area contributed by atoms with Gasteiger partial charge in [0.05, 0.1) is 5.56 Å². The van der Waals surface area contributed by atoms with Gasteiger partial charge in [0.25, 0.3) is 0 Å². The maximum atomic E-state index is 13.0. The van der Waals surface area contributed by atoms with Gasteiger partial charge in [0.1, 0.15) is 0 Å². The van der Waals surface area contributed by atoms with Crippen LogP contribution in [0.25, 0.3) is 0 Å². The molecule has 6 heteroatoms. The van der Waals surface area contributed by atoms with Gasteiger partial charge in [0.15, 0.2) is 0 Å². The number of alkyl halides is 3. The minimum absolute atomic E-state index is 0.564. The zero-order chi connectivity index (χ0) is 21.7. The largest absolute Gasteiger partial charge is 0.416 e. The Morgan fingerprint density at radius 2 is 1.65 bits per heavy atom. The van der Waals surface area contributed by atoms with Crippen molar-refractivity contribution in [2.24, 2.45) is 0 Å². The molecule has 2 aromatic carbocycles. The van der Waals surface area contributed by atoms with Crippen LogP contribution in [0.1, 0.15) is 30.4 Å². The summed E-state index contributed by atoms with van der Waals surface area (Å²) in [6, 6.07) is 17.0. The Balaban J connectivity index is 1.25. The summed E-state index contributed by atoms with van der Waals surface area (Å²) in [7, 11) is 0. The van der Waals surface area contributed by atoms with Gasteiger partial charge in [-0.25, -0.2) is 0 Å². The summed E-state index contributed by atoms with van der Waals surface area (Å²) in [6.45, 7) is 6.82. The summed E-state index contributed by atoms with van der Waals surface area (Å²) in [5.41, 5.74) is 1.52. The summed E-state index contributed by atoms with van der Waals surface area (Å²) < 4.78 is 39.1. The Bertz CT molecular complexity index is 816. The summed E-state index contributed by atoms with van der Waals surface area (Å²) in [6.07, 6.45) is 0.463. The molecular formula is C25H32F3N3. The molecule has 0 spiro atoms. The smallest absolute Gasteiger partial charge is 0.369 e. The van der Waals surface area contributed by atoms with E-state index in [1.54, 1.807) is 6.07 Å². The standard InChI is InChI=1S/C25H32F3N3/c26-25(27,28)22-10-4-11-23(19-22)30-15-17-31(18-16-30)24-12-6-14-29(20-24)13-5-9-21-7-2-1-3-8-21/h1-4,7-8,10-11,19,24H,5-6,9,12-18,20H2/t24-/m0/s1. The Hall–Kier alpha value is -2.05. The van der Waals surface area contributed by atoms with Gasteiger partial charge in [-0.2, -0.15) is 13.2 Å². The first-order valence-corrected chi connectivity index (χ1v) is 11.4. The fraction of sp³-hybridized carbons (Fsp3) is 0.520. The molecule has 0 aliphatic carbocycles. The van der Waals surface area contributed by atoms with E-state index in [1.807, 2.05) is 0 Å². The zero-order valence-electron chi connectivity index (χ0n) is 18.0. The van der Waals surface area contributed by atoms with Gasteiger partial charge >= 0.3 is 6.18 Å². The van der Waals surface area contributed by atoms with Crippen molar-refractivity contribution in [3.05, 3.63) is 65.7 Å². The molecule has 0 saturated carbocycles. The predicted molar refractivity (Wildman–Crippen MR) is 119 cm³/mol. The number of anilines is 1. The van der Waals surface area contributed by atoms with Gasteiger partial charge in [0, 0.05) is 44.5 Å². The number of nitrogens with zero attached hydrogens (tertiary/aromatic N) is 3. The van der Waals surface area contributed by atoms with Crippen LogP contribution in [0.3, 0.4) is 0 Å². The van der Waals surface area contributed by atoms with Crippen molar-refractivity contribution in [3.63, 3.8) is 0 Å². The third kappa shape index (κ3) is 6.01. The van der Waals surface area contributed by atoms with Crippen molar-refractivity contribution in [2.45, 2.75) is 37.9 Å². The Morgan fingerprint density at radius 1 is 0.871 bits per heavy atom. The second-order valence-corrected chi connectivity index (χ2v) is 8.76. The van der Waals surface area contributed by atoms with E-state index < -0.39 is 11.7 Å². The minimum Gasteiger partial charge on any atom is -0.369 e. The predicted octanol–water partition coefficient (Wildman–Crippen LogP) is 4.92. The van der Waals surface area contributed by atoms with E-state index in [4.69, 9.17) is 0 Å². The van der Waals surface area contributed by atoms with Crippen LogP contribution in [0.4, 0.5) is 18.9 Å². The number of likely N-dealkylation sites (tertiary alicyclic amines) is 1. The van der Waals surface area contributed by atoms with E-state index in [0.29, 0.717) is 11.7 Å². The van der Waals surface area contributed by atoms with Gasteiger partial charge in [-0.05, 0) is 62.5 Å². The molecule has 2 aromatic rings. The minimum atomic E-state index is -4.29. The zero-order valence-corrected chi connectivity index (χ0v) is 18.0. The van der Waals surface area contributed by atoms with E-state index >= 15 is 0 Å². The molecule has 0 aromatic heterocycles. The fourth-order valence-corrected chi connectivity index (χ4v) is 4.91. The Morgan fingerprint density at radius 3 is 2.39 bits per heavy atom. The van der Waals surface area contributed by atoms with Gasteiger partial charge in [0.2, 0.25) is 0 Å². The molecule has 2 aliphatic heterocycles. The molecule has 31 heavy (non-hydrogen) atoms. The average molecular weight is 432 g/mol. The first-order valence-electron chi connectivity index (χ1n) is 11.4. The molecule has 4 rings (SSSR count). The number of piperidine rings is 1. The number of benzene rings is 2. The molecule has 0 radical (unpaired) electrons. The maximum Gasteiger partial charge on any atom is 0.416 e. The number of halogens is 3. The molecule has 0 unspecified atom stereocenters. The van der Waals surface area contributed by atoms with Crippen LogP contribution in [0, 0.1) is 0 Å². The molecule has 3 nitrogen and oxygen atoms in total. The topological polar surface area (TPSA) is 9.72 Å². The number of aryl methyl sites for hydroxylation is 1. The molecule has 2 saturated heterocycles. The molecule has 2 heterocycles. The van der Waals surface area contributed by atoms with E-state index in [-0.39, 0.29) is 0 Å². The highest BCUT2D eigenvalue weighted by Gasteiger charge is 2.32. The third-order valence-corrected chi connectivity index (χ3v) is 6.63. The number of hydrogen-bond donors (Lipinski definition) is 0. The molecule has 168 valence electrons. The second kappa shape index (κ2) is 10.0. The quantitative estimate of drug-likeness (QED) is 0.643. The highest BCUT2D eigenvalue weighted by atomic mass is 19.4. The van der Waals surface area contributed by atoms with Gasteiger partial charge < -0.3 is 9.80 Å². The molecule has 2 aliphatic rings. The first-order chi connectivity index (χ1) is 15.0. The SMILES string of the molecule is FC(F)(F)c1cccc(N2CCN([C@H]3CCCN(CCCc4ccccc4)C3)CC2)c1. The molecule has 1 atom stereocenters. The molecular weight excluding hydrogens is 399 g/mol. The van der Waals surface area contributed by atoms with Crippen molar-refractivity contribution >= 4 is 5.69 Å². The summed E-state index contributed by atoms with van der Waals surface area (Å²) in [5, 5.41) is 0. The maximum absolute atomic E-state index is 13.0. The van der Waals surface area contributed by atoms with Crippen LogP contribution < -0.4 is 4.90 Å². The Labute approximate surface area is 183 Å². The number of piperazine rings is 1. The van der Waals surface area contributed by atoms with Crippen molar-refractivity contribution in [2.75, 3.05) is 50.7 Å². The second-order valence-electron chi connectivity index (χ2n) is 8.76. The number of rotatable bonds is 6. The van der Waals surface area contributed by atoms with Gasteiger partial charge in [-0.3, -0.25) is 4.90 Å². The van der Waals surface area contributed by atoms with Gasteiger partial charge in [-0.15, -0.1) is 0 Å².